The Bertz CT molecular complexity index is 1060. The Kier molecular flexibility index (Phi) is 6.79. The molecule has 2 amide bonds. The number of halogens is 1. The average Bonchev–Trinajstić information content (AvgIpc) is 3.28. The van der Waals surface area contributed by atoms with E-state index in [9.17, 15) is 9.59 Å². The molecule has 1 fully saturated rings. The molecule has 3 aromatic rings. The zero-order chi connectivity index (χ0) is 21.6. The SMILES string of the molecule is O=C(NCc1ccncc1)C1CCCCN1C(=O)c1csc(Nc2ccccc2Cl)n1. The number of aromatic nitrogens is 2. The summed E-state index contributed by atoms with van der Waals surface area (Å²) in [6.07, 6.45) is 5.80. The van der Waals surface area contributed by atoms with Crippen molar-refractivity contribution in [2.45, 2.75) is 31.8 Å². The molecule has 0 spiro atoms. The smallest absolute Gasteiger partial charge is 0.274 e. The number of carbonyl (C=O) groups is 2. The maximum atomic E-state index is 13.1. The summed E-state index contributed by atoms with van der Waals surface area (Å²) in [5, 5.41) is 8.95. The first kappa shape index (κ1) is 21.3. The van der Waals surface area contributed by atoms with E-state index in [-0.39, 0.29) is 11.8 Å². The third-order valence-corrected chi connectivity index (χ3v) is 6.21. The predicted molar refractivity (Wildman–Crippen MR) is 122 cm³/mol. The van der Waals surface area contributed by atoms with Gasteiger partial charge in [0.25, 0.3) is 5.91 Å². The summed E-state index contributed by atoms with van der Waals surface area (Å²) >= 11 is 7.51. The van der Waals surface area contributed by atoms with E-state index in [0.717, 1.165) is 24.1 Å². The molecule has 7 nitrogen and oxygen atoms in total. The summed E-state index contributed by atoms with van der Waals surface area (Å²) in [7, 11) is 0. The predicted octanol–water partition coefficient (Wildman–Crippen LogP) is 4.25. The van der Waals surface area contributed by atoms with Crippen LogP contribution in [0.4, 0.5) is 10.8 Å². The molecule has 160 valence electrons. The molecule has 0 bridgehead atoms. The number of benzene rings is 1. The number of anilines is 2. The number of nitrogens with zero attached hydrogens (tertiary/aromatic N) is 3. The van der Waals surface area contributed by atoms with E-state index < -0.39 is 6.04 Å². The highest BCUT2D eigenvalue weighted by atomic mass is 35.5. The zero-order valence-corrected chi connectivity index (χ0v) is 18.3. The van der Waals surface area contributed by atoms with Crippen LogP contribution >= 0.6 is 22.9 Å². The van der Waals surface area contributed by atoms with Gasteiger partial charge in [-0.05, 0) is 49.1 Å². The van der Waals surface area contributed by atoms with E-state index in [4.69, 9.17) is 11.6 Å². The minimum Gasteiger partial charge on any atom is -0.350 e. The van der Waals surface area contributed by atoms with Crippen molar-refractivity contribution < 1.29 is 9.59 Å². The Balaban J connectivity index is 1.43. The van der Waals surface area contributed by atoms with Crippen LogP contribution in [0, 0.1) is 0 Å². The van der Waals surface area contributed by atoms with Gasteiger partial charge in [-0.1, -0.05) is 23.7 Å². The molecule has 1 aliphatic heterocycles. The molecule has 1 aliphatic rings. The van der Waals surface area contributed by atoms with E-state index in [1.165, 1.54) is 11.3 Å². The fraction of sp³-hybridized carbons (Fsp3) is 0.273. The number of carbonyl (C=O) groups excluding carboxylic acids is 2. The Morgan fingerprint density at radius 1 is 1.16 bits per heavy atom. The average molecular weight is 456 g/mol. The Morgan fingerprint density at radius 2 is 1.97 bits per heavy atom. The van der Waals surface area contributed by atoms with Gasteiger partial charge < -0.3 is 15.5 Å². The zero-order valence-electron chi connectivity index (χ0n) is 16.8. The first-order valence-electron chi connectivity index (χ1n) is 10.1. The van der Waals surface area contributed by atoms with Crippen molar-refractivity contribution in [1.29, 1.82) is 0 Å². The van der Waals surface area contributed by atoms with Crippen molar-refractivity contribution in [3.63, 3.8) is 0 Å². The minimum atomic E-state index is -0.496. The number of pyridine rings is 1. The second kappa shape index (κ2) is 9.89. The summed E-state index contributed by atoms with van der Waals surface area (Å²) in [5.74, 6) is -0.373. The van der Waals surface area contributed by atoms with Gasteiger partial charge in [0.1, 0.15) is 11.7 Å². The molecule has 1 aromatic carbocycles. The molecule has 9 heteroatoms. The van der Waals surface area contributed by atoms with Crippen molar-refractivity contribution in [3.05, 3.63) is 70.5 Å². The maximum absolute atomic E-state index is 13.1. The number of rotatable bonds is 6. The van der Waals surface area contributed by atoms with Gasteiger partial charge in [0, 0.05) is 30.9 Å². The van der Waals surface area contributed by atoms with Gasteiger partial charge in [-0.3, -0.25) is 14.6 Å². The van der Waals surface area contributed by atoms with Gasteiger partial charge in [0.05, 0.1) is 10.7 Å². The number of hydrogen-bond acceptors (Lipinski definition) is 6. The largest absolute Gasteiger partial charge is 0.350 e. The highest BCUT2D eigenvalue weighted by Crippen LogP contribution is 2.28. The van der Waals surface area contributed by atoms with Gasteiger partial charge in [-0.2, -0.15) is 0 Å². The van der Waals surface area contributed by atoms with Crippen LogP contribution in [0.15, 0.2) is 54.2 Å². The van der Waals surface area contributed by atoms with Crippen molar-refractivity contribution in [2.75, 3.05) is 11.9 Å². The summed E-state index contributed by atoms with van der Waals surface area (Å²) in [6.45, 7) is 0.944. The Morgan fingerprint density at radius 3 is 2.77 bits per heavy atom. The summed E-state index contributed by atoms with van der Waals surface area (Å²) in [4.78, 5) is 36.0. The molecule has 1 saturated heterocycles. The van der Waals surface area contributed by atoms with Gasteiger partial charge in [0.2, 0.25) is 5.91 Å². The molecule has 0 saturated carbocycles. The molecule has 1 unspecified atom stereocenters. The van der Waals surface area contributed by atoms with Crippen LogP contribution < -0.4 is 10.6 Å². The molecule has 2 N–H and O–H groups in total. The lowest BCUT2D eigenvalue weighted by Crippen LogP contribution is -2.51. The van der Waals surface area contributed by atoms with Crippen LogP contribution in [0.2, 0.25) is 5.02 Å². The molecule has 2 aromatic heterocycles. The van der Waals surface area contributed by atoms with E-state index in [1.54, 1.807) is 28.7 Å². The summed E-state index contributed by atoms with van der Waals surface area (Å²) in [5.41, 5.74) is 2.02. The lowest BCUT2D eigenvalue weighted by Gasteiger charge is -2.34. The van der Waals surface area contributed by atoms with Crippen LogP contribution in [0.1, 0.15) is 35.3 Å². The normalized spacial score (nSPS) is 16.0. The van der Waals surface area contributed by atoms with Crippen LogP contribution in [-0.2, 0) is 11.3 Å². The quantitative estimate of drug-likeness (QED) is 0.580. The van der Waals surface area contributed by atoms with Gasteiger partial charge in [-0.25, -0.2) is 4.98 Å². The highest BCUT2D eigenvalue weighted by molar-refractivity contribution is 7.14. The fourth-order valence-corrected chi connectivity index (χ4v) is 4.39. The highest BCUT2D eigenvalue weighted by Gasteiger charge is 2.33. The number of thiazole rings is 1. The van der Waals surface area contributed by atoms with E-state index >= 15 is 0 Å². The summed E-state index contributed by atoms with van der Waals surface area (Å²) in [6, 6.07) is 10.6. The number of amides is 2. The maximum Gasteiger partial charge on any atom is 0.274 e. The summed E-state index contributed by atoms with van der Waals surface area (Å²) < 4.78 is 0. The van der Waals surface area contributed by atoms with Gasteiger partial charge >= 0.3 is 0 Å². The number of nitrogens with one attached hydrogen (secondary N) is 2. The third-order valence-electron chi connectivity index (χ3n) is 5.12. The van der Waals surface area contributed by atoms with Crippen molar-refractivity contribution in [1.82, 2.24) is 20.2 Å². The van der Waals surface area contributed by atoms with E-state index in [0.29, 0.717) is 35.4 Å². The van der Waals surface area contributed by atoms with Gasteiger partial charge in [0.15, 0.2) is 5.13 Å². The Labute approximate surface area is 189 Å². The monoisotopic (exact) mass is 455 g/mol. The molecule has 31 heavy (non-hydrogen) atoms. The van der Waals surface area contributed by atoms with Crippen LogP contribution in [-0.4, -0.2) is 39.3 Å². The molecular weight excluding hydrogens is 434 g/mol. The second-order valence-corrected chi connectivity index (χ2v) is 8.49. The molecule has 4 rings (SSSR count). The molecule has 0 radical (unpaired) electrons. The Hall–Kier alpha value is -2.97. The second-order valence-electron chi connectivity index (χ2n) is 7.23. The van der Waals surface area contributed by atoms with E-state index in [1.807, 2.05) is 30.3 Å². The number of para-hydroxylation sites is 1. The lowest BCUT2D eigenvalue weighted by molar-refractivity contribution is -0.126. The third kappa shape index (κ3) is 5.21. The van der Waals surface area contributed by atoms with Crippen LogP contribution in [0.5, 0.6) is 0 Å². The van der Waals surface area contributed by atoms with Crippen molar-refractivity contribution >= 4 is 45.6 Å². The molecule has 1 atom stereocenters. The molecule has 3 heterocycles. The lowest BCUT2D eigenvalue weighted by atomic mass is 10.0. The van der Waals surface area contributed by atoms with E-state index in [2.05, 4.69) is 20.6 Å². The van der Waals surface area contributed by atoms with Crippen molar-refractivity contribution in [2.24, 2.45) is 0 Å². The number of likely N-dealkylation sites (tertiary alicyclic amines) is 1. The minimum absolute atomic E-state index is 0.144. The molecule has 0 aliphatic carbocycles. The molecular formula is C22H22ClN5O2S. The number of piperidine rings is 1. The van der Waals surface area contributed by atoms with Gasteiger partial charge in [-0.15, -0.1) is 11.3 Å². The van der Waals surface area contributed by atoms with Crippen molar-refractivity contribution in [3.8, 4) is 0 Å². The first-order valence-corrected chi connectivity index (χ1v) is 11.3. The standard InChI is InChI=1S/C22H22ClN5O2S/c23-16-5-1-2-6-17(16)26-22-27-18(14-31-22)21(30)28-12-4-3-7-19(28)20(29)25-13-15-8-10-24-11-9-15/h1-2,5-6,8-11,14,19H,3-4,7,12-13H2,(H,25,29)(H,26,27). The van der Waals surface area contributed by atoms with Crippen LogP contribution in [0.3, 0.4) is 0 Å². The fourth-order valence-electron chi connectivity index (χ4n) is 3.51. The van der Waals surface area contributed by atoms with Crippen LogP contribution in [0.25, 0.3) is 0 Å². The first-order chi connectivity index (χ1) is 15.1. The topological polar surface area (TPSA) is 87.2 Å². The number of hydrogen-bond donors (Lipinski definition) is 2.